The van der Waals surface area contributed by atoms with E-state index in [4.69, 9.17) is 83.4 Å². The number of aryl methyl sites for hydroxylation is 1. The molecule has 684 valence electrons. The van der Waals surface area contributed by atoms with E-state index in [9.17, 15) is 37.2 Å². The maximum absolute atomic E-state index is 12.8. The van der Waals surface area contributed by atoms with Crippen molar-refractivity contribution < 1.29 is 183 Å². The zero-order valence-corrected chi connectivity index (χ0v) is 83.7. The van der Waals surface area contributed by atoms with Crippen molar-refractivity contribution in [1.82, 2.24) is 49.3 Å². The number of pyridine rings is 2. The van der Waals surface area contributed by atoms with Crippen LogP contribution in [0.15, 0.2) is 245 Å². The molecule has 0 radical (unpaired) electrons. The smallest absolute Gasteiger partial charge is 1.00 e. The summed E-state index contributed by atoms with van der Waals surface area (Å²) < 4.78 is 80.1. The van der Waals surface area contributed by atoms with Gasteiger partial charge in [-0.3, -0.25) is 42.5 Å². The van der Waals surface area contributed by atoms with Crippen LogP contribution in [0.2, 0.25) is 0 Å². The number of carbonyl (C=O) groups is 4. The first kappa shape index (κ1) is 118. The zero-order chi connectivity index (χ0) is 90.9. The molecule has 7 aliphatic rings. The molecule has 19 rings (SSSR count). The number of carbonyl (C=O) groups excluding carboxylic acids is 3. The number of rotatable bonds is 5. The van der Waals surface area contributed by atoms with Gasteiger partial charge in [-0.1, -0.05) is 173 Å². The van der Waals surface area contributed by atoms with Crippen LogP contribution in [0.1, 0.15) is 148 Å². The maximum Gasteiger partial charge on any atom is 1.00 e. The van der Waals surface area contributed by atoms with Crippen LogP contribution < -0.4 is 141 Å². The Morgan fingerprint density at radius 1 is 0.573 bits per heavy atom. The average molecular weight is 2130 g/mol. The number of aliphatic hydroxyl groups is 2. The minimum atomic E-state index is -3.53. The molecule has 2 saturated carbocycles. The third-order valence-electron chi connectivity index (χ3n) is 19.6. The molecule has 7 aromatic carbocycles. The van der Waals surface area contributed by atoms with Gasteiger partial charge >= 0.3 is 130 Å². The van der Waals surface area contributed by atoms with Crippen LogP contribution in [0, 0.1) is 36.0 Å². The third-order valence-corrected chi connectivity index (χ3v) is 22.4. The van der Waals surface area contributed by atoms with Gasteiger partial charge in [-0.25, -0.2) is 38.1 Å². The van der Waals surface area contributed by atoms with Crippen molar-refractivity contribution in [2.45, 2.75) is 128 Å². The third kappa shape index (κ3) is 37.7. The predicted molar refractivity (Wildman–Crippen MR) is 503 cm³/mol. The number of anilines is 1. The van der Waals surface area contributed by atoms with Crippen molar-refractivity contribution in [3.63, 3.8) is 0 Å². The van der Waals surface area contributed by atoms with Gasteiger partial charge in [0, 0.05) is 131 Å². The molecule has 4 fully saturated rings. The fourth-order valence-corrected chi connectivity index (χ4v) is 15.3. The number of piperidine rings is 2. The van der Waals surface area contributed by atoms with E-state index in [-0.39, 0.29) is 196 Å². The van der Waals surface area contributed by atoms with Crippen LogP contribution in [0.3, 0.4) is 0 Å². The van der Waals surface area contributed by atoms with Gasteiger partial charge in [0.25, 0.3) is 32.2 Å². The summed E-state index contributed by atoms with van der Waals surface area (Å²) in [5.41, 5.74) is 13.4. The maximum atomic E-state index is 12.8. The molecular weight excluding hydrogens is 2040 g/mol. The molecule has 41 heteroatoms. The van der Waals surface area contributed by atoms with Gasteiger partial charge in [-0.2, -0.15) is 0 Å². The monoisotopic (exact) mass is 2130 g/mol. The molecule has 7 unspecified atom stereocenters. The van der Waals surface area contributed by atoms with Gasteiger partial charge in [0.05, 0.1) is 49.3 Å². The van der Waals surface area contributed by atoms with E-state index in [1.807, 2.05) is 123 Å². The first-order chi connectivity index (χ1) is 59.9. The number of carboxylic acids is 1. The van der Waals surface area contributed by atoms with E-state index >= 15 is 0 Å². The second-order valence-corrected chi connectivity index (χ2v) is 33.9. The number of nitrogen functional groups attached to an aromatic ring is 1. The van der Waals surface area contributed by atoms with Crippen molar-refractivity contribution in [3.05, 3.63) is 308 Å². The van der Waals surface area contributed by atoms with E-state index in [2.05, 4.69) is 132 Å². The van der Waals surface area contributed by atoms with Crippen molar-refractivity contribution in [1.29, 1.82) is 0 Å². The summed E-state index contributed by atoms with van der Waals surface area (Å²) >= 11 is 10.0. The van der Waals surface area contributed by atoms with Gasteiger partial charge in [0.15, 0.2) is 0 Å². The topological polar surface area (TPSA) is 478 Å². The molecule has 0 spiro atoms. The van der Waals surface area contributed by atoms with Crippen LogP contribution in [0.5, 0.6) is 0 Å². The number of β-amino-alcohol motifs (C(OH)–C–C–N with tert-alkyl or cyclic N) is 1. The number of halogens is 5. The number of nitrogens with zero attached hydrogens (tertiary/aromatic N) is 8. The summed E-state index contributed by atoms with van der Waals surface area (Å²) in [6, 6.07) is 61.4. The van der Waals surface area contributed by atoms with Gasteiger partial charge in [-0.05, 0) is 170 Å². The minimum Gasteiger partial charge on any atom is -1.00 e. The summed E-state index contributed by atoms with van der Waals surface area (Å²) in [5, 5.41) is 40.3. The molecule has 31 nitrogen and oxygen atoms in total. The van der Waals surface area contributed by atoms with Crippen molar-refractivity contribution >= 4 is 164 Å². The molecular formula is C90H94Br3Cl2K2N11O20S3. The Morgan fingerprint density at radius 3 is 1.39 bits per heavy atom. The molecule has 2 saturated heterocycles. The summed E-state index contributed by atoms with van der Waals surface area (Å²) in [6.45, 7) is 3.47. The number of aromatic carboxylic acids is 1. The number of nitrogens with one attached hydrogen (secondary N) is 2. The fourth-order valence-electron chi connectivity index (χ4n) is 13.5. The molecule has 7 atom stereocenters. The predicted octanol–water partition coefficient (Wildman–Crippen LogP) is 6.30. The number of aliphatic hydroxyl groups excluding tert-OH is 2. The fraction of sp³-hybridized carbons (Fsp3) is 0.267. The quantitative estimate of drug-likeness (QED) is 0.0209. The van der Waals surface area contributed by atoms with Crippen LogP contribution >= 0.6 is 70.9 Å². The average Bonchev–Trinajstić information content (AvgIpc) is 1.57. The molecule has 0 bridgehead atoms. The Bertz CT molecular complexity index is 6440. The number of aromatic nitrogens is 8. The van der Waals surface area contributed by atoms with Gasteiger partial charge in [0.1, 0.15) is 28.9 Å². The Hall–Kier alpha value is -8.58. The van der Waals surface area contributed by atoms with Crippen molar-refractivity contribution in [2.75, 3.05) is 25.9 Å². The molecule has 10 heterocycles. The van der Waals surface area contributed by atoms with Crippen molar-refractivity contribution in [2.24, 2.45) is 11.8 Å². The Labute approximate surface area is 882 Å². The van der Waals surface area contributed by atoms with Crippen molar-refractivity contribution in [3.8, 4) is 24.2 Å². The number of terminal acetylenes is 1. The van der Waals surface area contributed by atoms with Crippen LogP contribution in [-0.4, -0.2) is 138 Å². The van der Waals surface area contributed by atoms with Gasteiger partial charge in [0.2, 0.25) is 11.8 Å². The van der Waals surface area contributed by atoms with E-state index in [0.717, 1.165) is 117 Å². The van der Waals surface area contributed by atoms with Gasteiger partial charge in [-0.15, -0.1) is 44.1 Å². The Kier molecular flexibility index (Phi) is 54.2. The number of amides is 2. The normalized spacial score (nSPS) is 16.4. The number of fused-ring (bicyclic) bond motifs is 10. The zero-order valence-electron chi connectivity index (χ0n) is 69.7. The number of carboxylic acid groups (broad SMARTS) is 1. The van der Waals surface area contributed by atoms with Crippen LogP contribution in [0.4, 0.5) is 5.69 Å². The minimum absolute atomic E-state index is 0. The van der Waals surface area contributed by atoms with E-state index in [1.165, 1.54) is 42.2 Å². The summed E-state index contributed by atoms with van der Waals surface area (Å²) in [4.78, 5) is 103. The molecule has 131 heavy (non-hydrogen) atoms. The van der Waals surface area contributed by atoms with Crippen LogP contribution in [0.25, 0.3) is 32.7 Å². The van der Waals surface area contributed by atoms with Gasteiger partial charge < -0.3 is 43.3 Å². The molecule has 7 N–H and O–H groups in total. The van der Waals surface area contributed by atoms with Crippen LogP contribution in [-0.2, 0) is 75.6 Å². The molecule has 2 amide bonds. The number of hydrogen-bond donors (Lipinski definition) is 6. The number of hydrogen-bond acceptors (Lipinski definition) is 25. The first-order valence-corrected chi connectivity index (χ1v) is 44.7. The first-order valence-electron chi connectivity index (χ1n) is 38.0. The summed E-state index contributed by atoms with van der Waals surface area (Å²) in [5.74, 6) is 13.9. The molecule has 5 aromatic heterocycles. The second kappa shape index (κ2) is 59.9. The SMILES string of the molecule is C.C.C.C#Cc1ccccn1.CO.Cl.Nc1cc(Br)ccc1C(=O)O.O=C1CCC(O)CN1.O=C1CCC(c2ccccc2)CN1.O=CO[O-].O=S(=O)(Cl)c1ccccc1.O=S(=O)=O.O=S(=O)=O.O=c1c2ccc(Br)cc2nc2n1CC(c1ccccc1)CC2.O=c1c2ccc(Br)cc2nc2n1CC1CC21.O=c1c2ccc(C#Cc3ccccn3)cc2nc2n1CC1CC21.[H-].[K+].[K+]. The largest absolute Gasteiger partial charge is 1.00 e. The second-order valence-electron chi connectivity index (χ2n) is 27.8. The molecule has 5 aliphatic heterocycles. The molecule has 12 aromatic rings. The number of benzene rings is 7. The molecule has 2 aliphatic carbocycles. The Morgan fingerprint density at radius 2 is 0.985 bits per heavy atom. The van der Waals surface area contributed by atoms with E-state index in [1.54, 1.807) is 48.8 Å². The van der Waals surface area contributed by atoms with E-state index < -0.39 is 36.2 Å². The summed E-state index contributed by atoms with van der Waals surface area (Å²) in [7, 11) is -3.72. The number of nitrogens with two attached hydrogens (primary N) is 1. The van der Waals surface area contributed by atoms with E-state index in [0.29, 0.717) is 77.8 Å². The summed E-state index contributed by atoms with van der Waals surface area (Å²) in [6.07, 6.45) is 15.1. The Balaban J connectivity index is 0.000000750. The standard InChI is InChI=1S/C19H13N3O.C18H15BrN2O.C12H9BrN2O.C11H13NO.C7H6BrNO2.C7H5N.C6H5ClO2S.C5H9NO2.CH2O3.CH4O.3CH4.ClH.2K.2O3S.H/c23-19-15-7-5-12(4-6-14-3-1-2-8-20-14)9-17(15)21-18-16-10-13(16)11-22(18)19;19-14-7-8-15-16(10-14)20-17-9-6-13(11-21(17)18(15)22)12-4-2-1-3-5-12;13-7-1-2-8-10(4-7)14-11-9-3-6(9)5-15(11)12(8)16;13-11-7-6-10(8-12-11)9-4-2-1-3-5-9;8-4-1-2-5(7(10)11)6(9)3-4;1-2-7-5-3-4-6-8-7;7-10(8,9)6-4-2-1-3-5-6;7-4-1-2-5(8)6-3-4;2-1-4-3;1-2;;;;;;;2*1-4(2)3;/h1-3,5,7-9,13,16H,10-11H2;1-5,7-8,10,13H,6,9,11H2;1-2,4,6,9H,3,5H2;1-5,10H,6-8H2,(H,12,13);1-3H,9H2,(H,10,11);1,3-6H;1-5H;4,7H,1-3H2,(H,6,8);1,3H;2H,1H3;3*1H4;1H;;;;;/q;;;;;;;;;;;;;;2*+1;;;-1/p-1.